The topological polar surface area (TPSA) is 110 Å². The first kappa shape index (κ1) is 29.8. The second kappa shape index (κ2) is 20.7. The molecule has 4 unspecified atom stereocenters. The molecule has 4 atom stereocenters. The molecule has 31 heavy (non-hydrogen) atoms. The van der Waals surface area contributed by atoms with Crippen LogP contribution in [0.25, 0.3) is 0 Å². The fraction of sp³-hybridized carbons (Fsp3) is 0.800. The number of aliphatic hydroxyl groups is 4. The molecular weight excluding hydrogens is 394 g/mol. The van der Waals surface area contributed by atoms with Gasteiger partial charge in [-0.15, -0.1) is 0 Å². The Hall–Kier alpha value is -1.21. The lowest BCUT2D eigenvalue weighted by atomic mass is 10.00. The lowest BCUT2D eigenvalue weighted by Crippen LogP contribution is -2.53. The van der Waals surface area contributed by atoms with Crippen LogP contribution in [0.4, 0.5) is 0 Å². The van der Waals surface area contributed by atoms with Crippen LogP contribution in [0.3, 0.4) is 0 Å². The summed E-state index contributed by atoms with van der Waals surface area (Å²) in [6.45, 7) is 3.78. The minimum Gasteiger partial charge on any atom is -0.394 e. The van der Waals surface area contributed by atoms with Crippen molar-refractivity contribution in [3.63, 3.8) is 0 Å². The minimum absolute atomic E-state index is 0.340. The van der Waals surface area contributed by atoms with E-state index >= 15 is 0 Å². The number of unbranched alkanes of at least 4 members (excludes halogenated alkanes) is 7. The molecule has 0 aliphatic heterocycles. The summed E-state index contributed by atoms with van der Waals surface area (Å²) in [6, 6.07) is -0.999. The second-order valence-electron chi connectivity index (χ2n) is 8.31. The third-order valence-corrected chi connectivity index (χ3v) is 5.37. The number of carbonyl (C=O) groups is 1. The largest absolute Gasteiger partial charge is 0.394 e. The maximum Gasteiger partial charge on any atom is 0.249 e. The number of aliphatic hydroxyl groups excluding tert-OH is 4. The summed E-state index contributed by atoms with van der Waals surface area (Å²) >= 11 is 0. The van der Waals surface area contributed by atoms with Crippen molar-refractivity contribution in [1.82, 2.24) is 5.32 Å². The third kappa shape index (κ3) is 16.1. The summed E-state index contributed by atoms with van der Waals surface area (Å²) in [5.41, 5.74) is 0. The zero-order chi connectivity index (χ0) is 23.3. The van der Waals surface area contributed by atoms with Gasteiger partial charge in [0.25, 0.3) is 0 Å². The molecule has 1 amide bonds. The molecule has 0 spiro atoms. The molecular formula is C25H47NO5. The number of allylic oxidation sites excluding steroid dienone is 4. The molecule has 0 aliphatic carbocycles. The first-order valence-electron chi connectivity index (χ1n) is 12.2. The van der Waals surface area contributed by atoms with E-state index < -0.39 is 36.9 Å². The fourth-order valence-corrected chi connectivity index (χ4v) is 3.27. The Balaban J connectivity index is 4.11. The molecule has 0 aliphatic rings. The van der Waals surface area contributed by atoms with E-state index in [2.05, 4.69) is 43.5 Å². The number of carbonyl (C=O) groups excluding carboxylic acids is 1. The van der Waals surface area contributed by atoms with Crippen LogP contribution in [-0.4, -0.2) is 57.3 Å². The Kier molecular flexibility index (Phi) is 19.9. The Bertz CT molecular complexity index is 481. The van der Waals surface area contributed by atoms with Crippen LogP contribution in [0, 0.1) is 0 Å². The van der Waals surface area contributed by atoms with Gasteiger partial charge in [-0.25, -0.2) is 0 Å². The maximum atomic E-state index is 12.2. The summed E-state index contributed by atoms with van der Waals surface area (Å²) in [6.07, 6.45) is 16.7. The molecule has 0 rings (SSSR count). The highest BCUT2D eigenvalue weighted by atomic mass is 16.3. The highest BCUT2D eigenvalue weighted by Crippen LogP contribution is 2.11. The van der Waals surface area contributed by atoms with Crippen molar-refractivity contribution >= 4 is 5.91 Å². The molecule has 0 saturated heterocycles. The van der Waals surface area contributed by atoms with E-state index in [1.54, 1.807) is 0 Å². The number of hydrogen-bond acceptors (Lipinski definition) is 5. The van der Waals surface area contributed by atoms with Crippen molar-refractivity contribution < 1.29 is 25.2 Å². The SMILES string of the molecule is CCC/C=C/CCCC(O)C(O)C(CO)NC(=O)C(O)CCCCC/C=C\CCCC. The van der Waals surface area contributed by atoms with Crippen LogP contribution in [0.5, 0.6) is 0 Å². The van der Waals surface area contributed by atoms with Crippen LogP contribution >= 0.6 is 0 Å². The van der Waals surface area contributed by atoms with Gasteiger partial charge in [0.2, 0.25) is 5.91 Å². The van der Waals surface area contributed by atoms with E-state index in [4.69, 9.17) is 0 Å². The van der Waals surface area contributed by atoms with Crippen LogP contribution < -0.4 is 5.32 Å². The van der Waals surface area contributed by atoms with Crippen LogP contribution in [-0.2, 0) is 4.79 Å². The zero-order valence-corrected chi connectivity index (χ0v) is 19.7. The van der Waals surface area contributed by atoms with E-state index in [0.717, 1.165) is 51.4 Å². The number of amides is 1. The Morgan fingerprint density at radius 3 is 2.00 bits per heavy atom. The summed E-state index contributed by atoms with van der Waals surface area (Å²) in [7, 11) is 0. The number of hydrogen-bond donors (Lipinski definition) is 5. The van der Waals surface area contributed by atoms with Gasteiger partial charge in [-0.1, -0.05) is 70.3 Å². The summed E-state index contributed by atoms with van der Waals surface area (Å²) in [5, 5.41) is 42.5. The van der Waals surface area contributed by atoms with E-state index in [1.807, 2.05) is 0 Å². The van der Waals surface area contributed by atoms with Gasteiger partial charge >= 0.3 is 0 Å². The van der Waals surface area contributed by atoms with Gasteiger partial charge in [0.05, 0.1) is 18.8 Å². The molecule has 182 valence electrons. The summed E-state index contributed by atoms with van der Waals surface area (Å²) in [5.74, 6) is -0.618. The molecule has 5 N–H and O–H groups in total. The highest BCUT2D eigenvalue weighted by Gasteiger charge is 2.28. The number of nitrogens with one attached hydrogen (secondary N) is 1. The van der Waals surface area contributed by atoms with Crippen molar-refractivity contribution in [2.75, 3.05) is 6.61 Å². The van der Waals surface area contributed by atoms with Crippen molar-refractivity contribution in [2.45, 2.75) is 122 Å². The van der Waals surface area contributed by atoms with Gasteiger partial charge in [-0.2, -0.15) is 0 Å². The van der Waals surface area contributed by atoms with E-state index in [-0.39, 0.29) is 0 Å². The first-order chi connectivity index (χ1) is 15.0. The monoisotopic (exact) mass is 441 g/mol. The van der Waals surface area contributed by atoms with Gasteiger partial charge in [0.15, 0.2) is 0 Å². The van der Waals surface area contributed by atoms with Gasteiger partial charge in [-0.05, 0) is 51.4 Å². The molecule has 0 bridgehead atoms. The van der Waals surface area contributed by atoms with Crippen molar-refractivity contribution in [3.05, 3.63) is 24.3 Å². The maximum absolute atomic E-state index is 12.2. The van der Waals surface area contributed by atoms with Crippen LogP contribution in [0.1, 0.15) is 97.3 Å². The molecule has 0 fully saturated rings. The van der Waals surface area contributed by atoms with Gasteiger partial charge in [0, 0.05) is 0 Å². The second-order valence-corrected chi connectivity index (χ2v) is 8.31. The van der Waals surface area contributed by atoms with E-state index in [0.29, 0.717) is 19.3 Å². The van der Waals surface area contributed by atoms with Gasteiger partial charge in [-0.3, -0.25) is 4.79 Å². The van der Waals surface area contributed by atoms with E-state index in [9.17, 15) is 25.2 Å². The Morgan fingerprint density at radius 1 is 0.774 bits per heavy atom. The normalized spacial score (nSPS) is 15.9. The fourth-order valence-electron chi connectivity index (χ4n) is 3.27. The number of rotatable bonds is 20. The van der Waals surface area contributed by atoms with Gasteiger partial charge < -0.3 is 25.7 Å². The lowest BCUT2D eigenvalue weighted by Gasteiger charge is -2.27. The highest BCUT2D eigenvalue weighted by molar-refractivity contribution is 5.80. The Morgan fingerprint density at radius 2 is 1.39 bits per heavy atom. The summed E-state index contributed by atoms with van der Waals surface area (Å²) < 4.78 is 0. The van der Waals surface area contributed by atoms with Crippen molar-refractivity contribution in [3.8, 4) is 0 Å². The zero-order valence-electron chi connectivity index (χ0n) is 19.7. The van der Waals surface area contributed by atoms with Crippen molar-refractivity contribution in [2.24, 2.45) is 0 Å². The predicted molar refractivity (Wildman–Crippen MR) is 127 cm³/mol. The van der Waals surface area contributed by atoms with Crippen molar-refractivity contribution in [1.29, 1.82) is 0 Å². The van der Waals surface area contributed by atoms with E-state index in [1.165, 1.54) is 12.8 Å². The minimum atomic E-state index is -1.28. The molecule has 6 heteroatoms. The molecule has 0 radical (unpaired) electrons. The lowest BCUT2D eigenvalue weighted by molar-refractivity contribution is -0.132. The molecule has 0 aromatic carbocycles. The molecule has 0 heterocycles. The average molecular weight is 442 g/mol. The molecule has 0 aromatic heterocycles. The third-order valence-electron chi connectivity index (χ3n) is 5.37. The van der Waals surface area contributed by atoms with Gasteiger partial charge in [0.1, 0.15) is 12.2 Å². The first-order valence-corrected chi connectivity index (χ1v) is 12.2. The molecule has 6 nitrogen and oxygen atoms in total. The predicted octanol–water partition coefficient (Wildman–Crippen LogP) is 3.77. The smallest absolute Gasteiger partial charge is 0.249 e. The molecule has 0 saturated carbocycles. The quantitative estimate of drug-likeness (QED) is 0.146. The Labute approximate surface area is 189 Å². The van der Waals surface area contributed by atoms with Crippen LogP contribution in [0.2, 0.25) is 0 Å². The average Bonchev–Trinajstić information content (AvgIpc) is 2.77. The molecule has 0 aromatic rings. The standard InChI is InChI=1S/C25H47NO5/c1-3-5-7-9-11-12-13-15-17-19-23(29)25(31)26-21(20-27)24(30)22(28)18-16-14-10-8-6-4-2/h8-11,21-24,27-30H,3-7,12-20H2,1-2H3,(H,26,31)/b10-8+,11-9-. The van der Waals surface area contributed by atoms with Crippen LogP contribution in [0.15, 0.2) is 24.3 Å². The summed E-state index contributed by atoms with van der Waals surface area (Å²) in [4.78, 5) is 12.2.